The van der Waals surface area contributed by atoms with Crippen molar-refractivity contribution < 1.29 is 37.6 Å². The van der Waals surface area contributed by atoms with Gasteiger partial charge in [0, 0.05) is 26.7 Å². The van der Waals surface area contributed by atoms with Crippen molar-refractivity contribution >= 4 is 19.3 Å². The summed E-state index contributed by atoms with van der Waals surface area (Å²) in [4.78, 5) is 23.5. The largest absolute Gasteiger partial charge is 0.453 e. The molecule has 1 aromatic rings. The van der Waals surface area contributed by atoms with Crippen LogP contribution < -0.4 is 0 Å². The number of benzene rings is 1. The van der Waals surface area contributed by atoms with Crippen LogP contribution in [-0.4, -0.2) is 55.5 Å². The number of carbonyl (C=O) groups is 2. The van der Waals surface area contributed by atoms with Gasteiger partial charge in [0.25, 0.3) is 0 Å². The Labute approximate surface area is 184 Å². The molecular weight excluding hydrogens is 423 g/mol. The minimum atomic E-state index is -2.85. The van der Waals surface area contributed by atoms with Crippen molar-refractivity contribution in [1.29, 1.82) is 0 Å². The molecule has 0 N–H and O–H groups in total. The summed E-state index contributed by atoms with van der Waals surface area (Å²) in [6, 6.07) is 9.55. The van der Waals surface area contributed by atoms with E-state index in [9.17, 15) is 14.2 Å². The van der Waals surface area contributed by atoms with Crippen molar-refractivity contribution in [1.82, 2.24) is 0 Å². The van der Waals surface area contributed by atoms with E-state index >= 15 is 0 Å². The normalized spacial score (nSPS) is 27.5. The molecule has 1 aromatic carbocycles. The molecule has 1 aliphatic rings. The first-order valence-corrected chi connectivity index (χ1v) is 12.8. The van der Waals surface area contributed by atoms with Crippen molar-refractivity contribution in [3.05, 3.63) is 35.9 Å². The molecule has 0 bridgehead atoms. The zero-order chi connectivity index (χ0) is 23.1. The van der Waals surface area contributed by atoms with Crippen molar-refractivity contribution in [2.24, 2.45) is 0 Å². The molecule has 0 saturated carbocycles. The van der Waals surface area contributed by atoms with Gasteiger partial charge in [-0.2, -0.15) is 0 Å². The number of hydrogen-bond donors (Lipinski definition) is 0. The Hall–Kier alpha value is -1.73. The second-order valence-corrected chi connectivity index (χ2v) is 10.4. The highest BCUT2D eigenvalue weighted by Crippen LogP contribution is 2.48. The SMILES string of the molecule is CCOP(C)(=O)CC[C@@]1(CC)O[C@@H](OC(C)=O)C(OC(C)=O)[C@H]1OCc1ccccc1. The zero-order valence-corrected chi connectivity index (χ0v) is 19.8. The molecule has 0 aromatic heterocycles. The second kappa shape index (κ2) is 11.2. The lowest BCUT2D eigenvalue weighted by molar-refractivity contribution is -0.205. The zero-order valence-electron chi connectivity index (χ0n) is 18.9. The molecule has 0 radical (unpaired) electrons. The van der Waals surface area contributed by atoms with Crippen LogP contribution in [-0.2, 0) is 44.2 Å². The monoisotopic (exact) mass is 456 g/mol. The Kier molecular flexibility index (Phi) is 9.25. The fourth-order valence-electron chi connectivity index (χ4n) is 3.77. The van der Waals surface area contributed by atoms with Gasteiger partial charge in [-0.1, -0.05) is 37.3 Å². The van der Waals surface area contributed by atoms with Gasteiger partial charge >= 0.3 is 11.9 Å². The van der Waals surface area contributed by atoms with Gasteiger partial charge in [-0.05, 0) is 25.3 Å². The molecular formula is C22H33O8P. The molecule has 0 spiro atoms. The predicted octanol–water partition coefficient (Wildman–Crippen LogP) is 3.91. The van der Waals surface area contributed by atoms with Crippen LogP contribution in [0.2, 0.25) is 0 Å². The highest BCUT2D eigenvalue weighted by atomic mass is 31.2. The van der Waals surface area contributed by atoms with Crippen LogP contribution in [0, 0.1) is 0 Å². The molecule has 31 heavy (non-hydrogen) atoms. The maximum atomic E-state index is 12.7. The summed E-state index contributed by atoms with van der Waals surface area (Å²) in [7, 11) is -2.85. The van der Waals surface area contributed by atoms with Crippen LogP contribution in [0.4, 0.5) is 0 Å². The Morgan fingerprint density at radius 2 is 1.74 bits per heavy atom. The van der Waals surface area contributed by atoms with Crippen molar-refractivity contribution in [2.45, 2.75) is 71.2 Å². The van der Waals surface area contributed by atoms with E-state index in [4.69, 9.17) is 23.5 Å². The molecule has 1 heterocycles. The van der Waals surface area contributed by atoms with Crippen molar-refractivity contribution in [3.8, 4) is 0 Å². The molecule has 2 rings (SSSR count). The summed E-state index contributed by atoms with van der Waals surface area (Å²) < 4.78 is 41.4. The van der Waals surface area contributed by atoms with Gasteiger partial charge in [-0.15, -0.1) is 0 Å². The van der Waals surface area contributed by atoms with Crippen LogP contribution >= 0.6 is 7.37 Å². The van der Waals surface area contributed by atoms with Crippen molar-refractivity contribution in [3.63, 3.8) is 0 Å². The molecule has 5 atom stereocenters. The minimum Gasteiger partial charge on any atom is -0.453 e. The number of ether oxygens (including phenoxy) is 4. The lowest BCUT2D eigenvalue weighted by atomic mass is 9.89. The summed E-state index contributed by atoms with van der Waals surface area (Å²) in [6.07, 6.45) is -1.76. The van der Waals surface area contributed by atoms with E-state index in [1.165, 1.54) is 13.8 Å². The third kappa shape index (κ3) is 7.14. The number of carbonyl (C=O) groups excluding carboxylic acids is 2. The first kappa shape index (κ1) is 25.5. The van der Waals surface area contributed by atoms with E-state index < -0.39 is 43.4 Å². The molecule has 1 fully saturated rings. The molecule has 0 aliphatic carbocycles. The average molecular weight is 456 g/mol. The van der Waals surface area contributed by atoms with E-state index in [0.717, 1.165) is 5.56 Å². The van der Waals surface area contributed by atoms with Gasteiger partial charge in [0.15, 0.2) is 13.5 Å². The molecule has 9 heteroatoms. The average Bonchev–Trinajstić information content (AvgIpc) is 2.97. The second-order valence-electron chi connectivity index (χ2n) is 7.71. The smallest absolute Gasteiger partial charge is 0.305 e. The van der Waals surface area contributed by atoms with Crippen LogP contribution in [0.1, 0.15) is 46.1 Å². The third-order valence-electron chi connectivity index (χ3n) is 5.23. The molecule has 1 aliphatic heterocycles. The van der Waals surface area contributed by atoms with Gasteiger partial charge in [-0.25, -0.2) is 0 Å². The third-order valence-corrected chi connectivity index (χ3v) is 7.07. The lowest BCUT2D eigenvalue weighted by Crippen LogP contribution is -2.46. The predicted molar refractivity (Wildman–Crippen MR) is 115 cm³/mol. The lowest BCUT2D eigenvalue weighted by Gasteiger charge is -2.34. The minimum absolute atomic E-state index is 0.246. The molecule has 8 nitrogen and oxygen atoms in total. The first-order valence-electron chi connectivity index (χ1n) is 10.5. The van der Waals surface area contributed by atoms with Gasteiger partial charge in [-0.3, -0.25) is 14.2 Å². The highest BCUT2D eigenvalue weighted by molar-refractivity contribution is 7.58. The van der Waals surface area contributed by atoms with Gasteiger partial charge in [0.05, 0.1) is 13.2 Å². The van der Waals surface area contributed by atoms with E-state index in [0.29, 0.717) is 19.4 Å². The Balaban J connectivity index is 2.34. The van der Waals surface area contributed by atoms with Gasteiger partial charge in [0.2, 0.25) is 6.29 Å². The van der Waals surface area contributed by atoms with E-state index in [1.807, 2.05) is 37.3 Å². The van der Waals surface area contributed by atoms with Crippen molar-refractivity contribution in [2.75, 3.05) is 19.4 Å². The van der Waals surface area contributed by atoms with Crippen LogP contribution in [0.5, 0.6) is 0 Å². The topological polar surface area (TPSA) is 97.4 Å². The Bertz CT molecular complexity index is 783. The molecule has 0 amide bonds. The number of hydrogen-bond acceptors (Lipinski definition) is 8. The molecule has 174 valence electrons. The van der Waals surface area contributed by atoms with Crippen LogP contribution in [0.15, 0.2) is 30.3 Å². The quantitative estimate of drug-likeness (QED) is 0.365. The molecule has 1 saturated heterocycles. The maximum absolute atomic E-state index is 12.7. The number of rotatable bonds is 11. The fourth-order valence-corrected chi connectivity index (χ4v) is 5.23. The summed E-state index contributed by atoms with van der Waals surface area (Å²) in [6.45, 7) is 8.40. The summed E-state index contributed by atoms with van der Waals surface area (Å²) in [5.74, 6) is -1.10. The van der Waals surface area contributed by atoms with Gasteiger partial charge in [0.1, 0.15) is 11.7 Å². The number of esters is 2. The highest BCUT2D eigenvalue weighted by Gasteiger charge is 2.58. The van der Waals surface area contributed by atoms with Crippen LogP contribution in [0.3, 0.4) is 0 Å². The van der Waals surface area contributed by atoms with E-state index in [-0.39, 0.29) is 12.8 Å². The Morgan fingerprint density at radius 1 is 1.10 bits per heavy atom. The molecule has 2 unspecified atom stereocenters. The Morgan fingerprint density at radius 3 is 2.29 bits per heavy atom. The summed E-state index contributed by atoms with van der Waals surface area (Å²) in [5.41, 5.74) is -0.0434. The fraction of sp³-hybridized carbons (Fsp3) is 0.636. The van der Waals surface area contributed by atoms with E-state index in [1.54, 1.807) is 13.6 Å². The maximum Gasteiger partial charge on any atom is 0.305 e. The van der Waals surface area contributed by atoms with Gasteiger partial charge < -0.3 is 23.5 Å². The summed E-state index contributed by atoms with van der Waals surface area (Å²) in [5, 5.41) is 0. The van der Waals surface area contributed by atoms with E-state index in [2.05, 4.69) is 0 Å². The summed E-state index contributed by atoms with van der Waals surface area (Å²) >= 11 is 0. The van der Waals surface area contributed by atoms with Crippen LogP contribution in [0.25, 0.3) is 0 Å². The standard InChI is InChI=1S/C22H33O8P/c1-6-22(13-14-31(5,25)27-7-2)20(26-15-18-11-9-8-10-12-18)19(28-16(3)23)21(30-22)29-17(4)24/h8-12,19-21H,6-7,13-15H2,1-5H3/t19?,20-,21-,22-,31?/m1/s1. The first-order chi connectivity index (χ1) is 14.6.